The zero-order chi connectivity index (χ0) is 30.7. The van der Waals surface area contributed by atoms with Crippen molar-refractivity contribution >= 4 is 10.9 Å². The fraction of sp³-hybridized carbons (Fsp3) is 0.789. The molecule has 1 heterocycles. The Morgan fingerprint density at radius 2 is 1.79 bits per heavy atom. The van der Waals surface area contributed by atoms with Crippen LogP contribution in [0.4, 0.5) is 0 Å². The van der Waals surface area contributed by atoms with Gasteiger partial charge in [0, 0.05) is 35.0 Å². The van der Waals surface area contributed by atoms with Gasteiger partial charge in [-0.3, -0.25) is 0 Å². The molecule has 11 atom stereocenters. The molecule has 4 fully saturated rings. The van der Waals surface area contributed by atoms with Crippen LogP contribution in [0.3, 0.4) is 0 Å². The maximum atomic E-state index is 12.6. The molecule has 0 amide bonds. The van der Waals surface area contributed by atoms with E-state index < -0.39 is 11.7 Å². The average Bonchev–Trinajstić information content (AvgIpc) is 3.53. The van der Waals surface area contributed by atoms with Gasteiger partial charge in [0.1, 0.15) is 5.75 Å². The maximum absolute atomic E-state index is 12.6. The van der Waals surface area contributed by atoms with Crippen LogP contribution in [0.25, 0.3) is 10.9 Å². The van der Waals surface area contributed by atoms with E-state index in [2.05, 4.69) is 58.0 Å². The molecule has 0 bridgehead atoms. The second-order valence-electron chi connectivity index (χ2n) is 16.7. The minimum Gasteiger partial charge on any atom is -0.508 e. The van der Waals surface area contributed by atoms with Gasteiger partial charge in [0.25, 0.3) is 0 Å². The Morgan fingerprint density at radius 1 is 1.00 bits per heavy atom. The van der Waals surface area contributed by atoms with Crippen molar-refractivity contribution in [2.45, 2.75) is 130 Å². The molecule has 1 aromatic heterocycles. The van der Waals surface area contributed by atoms with Crippen LogP contribution in [0.2, 0.25) is 0 Å². The summed E-state index contributed by atoms with van der Waals surface area (Å²) < 4.78 is 0. The second kappa shape index (κ2) is 11.7. The monoisotopic (exact) mass is 592 g/mol. The third-order valence-corrected chi connectivity index (χ3v) is 14.4. The molecule has 6 rings (SSSR count). The summed E-state index contributed by atoms with van der Waals surface area (Å²) in [4.78, 5) is 3.35. The van der Waals surface area contributed by atoms with Gasteiger partial charge in [-0.1, -0.05) is 54.4 Å². The summed E-state index contributed by atoms with van der Waals surface area (Å²) in [6.07, 6.45) is 13.6. The number of hydrogen-bond acceptors (Lipinski definition) is 4. The molecule has 4 aliphatic rings. The van der Waals surface area contributed by atoms with Crippen LogP contribution in [0, 0.1) is 52.3 Å². The number of H-pyrrole nitrogens is 1. The molecule has 5 N–H and O–H groups in total. The fourth-order valence-electron chi connectivity index (χ4n) is 11.3. The number of aromatic amines is 1. The highest BCUT2D eigenvalue weighted by Gasteiger charge is 2.67. The van der Waals surface area contributed by atoms with Crippen molar-refractivity contribution in [1.29, 1.82) is 0 Å². The summed E-state index contributed by atoms with van der Waals surface area (Å²) in [5.41, 5.74) is 1.57. The quantitative estimate of drug-likeness (QED) is 0.205. The van der Waals surface area contributed by atoms with Gasteiger partial charge in [0.15, 0.2) is 0 Å². The standard InChI is InChI=1S/C38H60N2O3/c1-23(2)24(3)7-8-25(4)31-10-11-32-30-20-35(39-18-15-26-22-40-34-12-9-27(41)19-29(26)34)38(43)21-28(42)13-17-37(38,6)33(30)14-16-36(31,32)5/h9,12,19,22-25,28,30-33,35,39-43H,7-8,10-11,13-18,20-21H2,1-6H3/t24-,25-,28?,30+,31-,32+,33+,35?,36-,37-,38?/m1/s1. The summed E-state index contributed by atoms with van der Waals surface area (Å²) in [6.45, 7) is 15.5. The second-order valence-corrected chi connectivity index (χ2v) is 16.7. The van der Waals surface area contributed by atoms with Crippen LogP contribution < -0.4 is 5.32 Å². The molecule has 240 valence electrons. The third-order valence-electron chi connectivity index (χ3n) is 14.4. The number of hydrogen-bond donors (Lipinski definition) is 5. The zero-order valence-corrected chi connectivity index (χ0v) is 27.8. The maximum Gasteiger partial charge on any atom is 0.116 e. The lowest BCUT2D eigenvalue weighted by Crippen LogP contribution is -2.71. The highest BCUT2D eigenvalue weighted by atomic mass is 16.3. The molecule has 4 aliphatic carbocycles. The van der Waals surface area contributed by atoms with E-state index in [1.54, 1.807) is 6.07 Å². The molecule has 5 heteroatoms. The van der Waals surface area contributed by atoms with E-state index in [9.17, 15) is 15.3 Å². The van der Waals surface area contributed by atoms with Gasteiger partial charge < -0.3 is 25.6 Å². The van der Waals surface area contributed by atoms with Crippen molar-refractivity contribution in [1.82, 2.24) is 10.3 Å². The molecule has 4 saturated carbocycles. The Kier molecular flexibility index (Phi) is 8.52. The van der Waals surface area contributed by atoms with Gasteiger partial charge in [0.2, 0.25) is 0 Å². The highest BCUT2D eigenvalue weighted by molar-refractivity contribution is 5.84. The summed E-state index contributed by atoms with van der Waals surface area (Å²) in [5, 5.41) is 38.5. The first-order valence-corrected chi connectivity index (χ1v) is 17.8. The first-order valence-electron chi connectivity index (χ1n) is 17.8. The van der Waals surface area contributed by atoms with Gasteiger partial charge in [-0.15, -0.1) is 0 Å². The number of phenols is 1. The number of aromatic hydroxyl groups is 1. The lowest BCUT2D eigenvalue weighted by atomic mass is 9.42. The molecule has 3 unspecified atom stereocenters. The Bertz CT molecular complexity index is 1270. The van der Waals surface area contributed by atoms with E-state index in [1.165, 1.54) is 44.1 Å². The van der Waals surface area contributed by atoms with Crippen molar-refractivity contribution in [3.63, 3.8) is 0 Å². The van der Waals surface area contributed by atoms with Gasteiger partial charge in [-0.05, 0) is 129 Å². The lowest BCUT2D eigenvalue weighted by molar-refractivity contribution is -0.234. The van der Waals surface area contributed by atoms with E-state index in [-0.39, 0.29) is 11.5 Å². The van der Waals surface area contributed by atoms with E-state index in [4.69, 9.17) is 0 Å². The van der Waals surface area contributed by atoms with Gasteiger partial charge in [-0.25, -0.2) is 0 Å². The summed E-state index contributed by atoms with van der Waals surface area (Å²) in [5.74, 6) is 5.33. The lowest BCUT2D eigenvalue weighted by Gasteiger charge is -2.66. The SMILES string of the molecule is CC(C)[C@H](C)CC[C@@H](C)[C@H]1CC[C@H]2[C@@H]3CC(NCCc4c[nH]c5ccc(O)cc45)C4(O)CC(O)CC[C@]4(C)[C@H]3CC[C@]12C. The molecule has 2 aromatic rings. The van der Waals surface area contributed by atoms with Crippen molar-refractivity contribution in [3.05, 3.63) is 30.0 Å². The van der Waals surface area contributed by atoms with Crippen LogP contribution in [0.1, 0.15) is 111 Å². The first kappa shape index (κ1) is 31.4. The van der Waals surface area contributed by atoms with E-state index >= 15 is 0 Å². The number of phenolic OH excluding ortho intramolecular Hbond substituents is 1. The number of aromatic nitrogens is 1. The Hall–Kier alpha value is -1.56. The zero-order valence-electron chi connectivity index (χ0n) is 27.8. The predicted molar refractivity (Wildman–Crippen MR) is 176 cm³/mol. The molecule has 0 spiro atoms. The number of rotatable bonds is 9. The van der Waals surface area contributed by atoms with Crippen LogP contribution in [0.5, 0.6) is 5.75 Å². The molecule has 0 saturated heterocycles. The minimum atomic E-state index is -0.893. The highest BCUT2D eigenvalue weighted by Crippen LogP contribution is 2.69. The van der Waals surface area contributed by atoms with Gasteiger partial charge in [0.05, 0.1) is 11.7 Å². The number of nitrogens with one attached hydrogen (secondary N) is 2. The summed E-state index contributed by atoms with van der Waals surface area (Å²) >= 11 is 0. The molecule has 43 heavy (non-hydrogen) atoms. The number of fused-ring (bicyclic) bond motifs is 6. The summed E-state index contributed by atoms with van der Waals surface area (Å²) in [6, 6.07) is 5.49. The normalized spacial score (nSPS) is 40.7. The molecule has 0 radical (unpaired) electrons. The van der Waals surface area contributed by atoms with E-state index in [0.717, 1.165) is 72.7 Å². The fourth-order valence-corrected chi connectivity index (χ4v) is 11.3. The van der Waals surface area contributed by atoms with Crippen molar-refractivity contribution in [2.24, 2.45) is 52.3 Å². The van der Waals surface area contributed by atoms with E-state index in [0.29, 0.717) is 29.4 Å². The Balaban J connectivity index is 1.22. The summed E-state index contributed by atoms with van der Waals surface area (Å²) in [7, 11) is 0. The molecule has 5 nitrogen and oxygen atoms in total. The first-order chi connectivity index (χ1) is 20.4. The van der Waals surface area contributed by atoms with E-state index in [1.807, 2.05) is 12.1 Å². The van der Waals surface area contributed by atoms with Crippen molar-refractivity contribution in [2.75, 3.05) is 6.54 Å². The number of aliphatic hydroxyl groups is 2. The molecular formula is C38H60N2O3. The molecule has 1 aromatic carbocycles. The van der Waals surface area contributed by atoms with Crippen molar-refractivity contribution in [3.8, 4) is 5.75 Å². The van der Waals surface area contributed by atoms with Crippen LogP contribution in [0.15, 0.2) is 24.4 Å². The predicted octanol–water partition coefficient (Wildman–Crippen LogP) is 7.83. The van der Waals surface area contributed by atoms with Crippen molar-refractivity contribution < 1.29 is 15.3 Å². The number of aliphatic hydroxyl groups excluding tert-OH is 1. The van der Waals surface area contributed by atoms with Crippen LogP contribution in [-0.2, 0) is 6.42 Å². The molecular weight excluding hydrogens is 532 g/mol. The molecule has 0 aliphatic heterocycles. The van der Waals surface area contributed by atoms with Gasteiger partial charge in [-0.2, -0.15) is 0 Å². The van der Waals surface area contributed by atoms with Gasteiger partial charge >= 0.3 is 0 Å². The Labute approximate surface area is 260 Å². The third kappa shape index (κ3) is 5.27. The minimum absolute atomic E-state index is 0.0157. The number of benzene rings is 1. The van der Waals surface area contributed by atoms with Crippen LogP contribution in [-0.4, -0.2) is 44.6 Å². The topological polar surface area (TPSA) is 88.5 Å². The smallest absolute Gasteiger partial charge is 0.116 e. The largest absolute Gasteiger partial charge is 0.508 e. The average molecular weight is 593 g/mol. The van der Waals surface area contributed by atoms with Crippen LogP contribution >= 0.6 is 0 Å². The Morgan fingerprint density at radius 3 is 2.56 bits per heavy atom.